The highest BCUT2D eigenvalue weighted by Crippen LogP contribution is 2.29. The van der Waals surface area contributed by atoms with Crippen LogP contribution in [0.25, 0.3) is 10.9 Å². The number of rotatable bonds is 5. The molecule has 0 radical (unpaired) electrons. The van der Waals surface area contributed by atoms with Gasteiger partial charge in [-0.1, -0.05) is 24.3 Å². The molecule has 2 aliphatic rings. The molecule has 34 heavy (non-hydrogen) atoms. The Morgan fingerprint density at radius 3 is 2.79 bits per heavy atom. The summed E-state index contributed by atoms with van der Waals surface area (Å²) in [5.41, 5.74) is 3.97. The molecular formula is C28H33N3O3. The Morgan fingerprint density at radius 1 is 1.09 bits per heavy atom. The minimum absolute atomic E-state index is 0.0160. The molecule has 2 aromatic carbocycles. The molecule has 6 heteroatoms. The summed E-state index contributed by atoms with van der Waals surface area (Å²) in [5, 5.41) is 1.14. The molecule has 6 nitrogen and oxygen atoms in total. The molecule has 178 valence electrons. The van der Waals surface area contributed by atoms with Crippen molar-refractivity contribution >= 4 is 22.5 Å². The molecule has 0 saturated carbocycles. The van der Waals surface area contributed by atoms with Gasteiger partial charge in [-0.25, -0.2) is 0 Å². The third-order valence-corrected chi connectivity index (χ3v) is 6.98. The Balaban J connectivity index is 1.37. The molecule has 3 heterocycles. The van der Waals surface area contributed by atoms with Crippen LogP contribution in [0.3, 0.4) is 0 Å². The highest BCUT2D eigenvalue weighted by molar-refractivity contribution is 5.98. The molecule has 0 N–H and O–H groups in total. The fraction of sp³-hybridized carbons (Fsp3) is 0.429. The van der Waals surface area contributed by atoms with Crippen LogP contribution in [0, 0.1) is 5.92 Å². The Labute approximate surface area is 201 Å². The summed E-state index contributed by atoms with van der Waals surface area (Å²) >= 11 is 0. The summed E-state index contributed by atoms with van der Waals surface area (Å²) in [6.45, 7) is 4.50. The van der Waals surface area contributed by atoms with Gasteiger partial charge >= 0.3 is 0 Å². The Morgan fingerprint density at radius 2 is 1.94 bits per heavy atom. The van der Waals surface area contributed by atoms with E-state index in [9.17, 15) is 4.79 Å². The molecule has 0 aliphatic carbocycles. The number of nitrogens with zero attached hydrogens (tertiary/aromatic N) is 3. The van der Waals surface area contributed by atoms with Crippen molar-refractivity contribution in [2.45, 2.75) is 25.7 Å². The van der Waals surface area contributed by atoms with Crippen LogP contribution < -0.4 is 9.64 Å². The molecular weight excluding hydrogens is 426 g/mol. The number of aromatic nitrogens is 1. The van der Waals surface area contributed by atoms with Crippen LogP contribution in [0.4, 0.5) is 5.69 Å². The second-order valence-electron chi connectivity index (χ2n) is 9.32. The average molecular weight is 460 g/mol. The number of carbonyl (C=O) groups is 1. The number of piperidine rings is 1. The second-order valence-corrected chi connectivity index (χ2v) is 9.32. The molecule has 1 amide bonds. The van der Waals surface area contributed by atoms with Gasteiger partial charge in [0, 0.05) is 49.4 Å². The van der Waals surface area contributed by atoms with Crippen molar-refractivity contribution < 1.29 is 14.3 Å². The lowest BCUT2D eigenvalue weighted by Crippen LogP contribution is -2.37. The van der Waals surface area contributed by atoms with Crippen LogP contribution in [0.15, 0.2) is 54.7 Å². The summed E-state index contributed by atoms with van der Waals surface area (Å²) in [5.74, 6) is 0.850. The monoisotopic (exact) mass is 459 g/mol. The molecule has 2 saturated heterocycles. The number of para-hydroxylation sites is 1. The van der Waals surface area contributed by atoms with Gasteiger partial charge in [0.05, 0.1) is 31.4 Å². The summed E-state index contributed by atoms with van der Waals surface area (Å²) in [7, 11) is 1.63. The van der Waals surface area contributed by atoms with Gasteiger partial charge in [0.25, 0.3) is 5.91 Å². The summed E-state index contributed by atoms with van der Waals surface area (Å²) < 4.78 is 11.5. The van der Waals surface area contributed by atoms with Gasteiger partial charge in [0.15, 0.2) is 0 Å². The van der Waals surface area contributed by atoms with E-state index in [1.54, 1.807) is 7.11 Å². The Bertz CT molecular complexity index is 1140. The fourth-order valence-corrected chi connectivity index (χ4v) is 5.21. The van der Waals surface area contributed by atoms with Crippen molar-refractivity contribution in [2.75, 3.05) is 51.4 Å². The molecule has 0 bridgehead atoms. The largest absolute Gasteiger partial charge is 0.496 e. The number of anilines is 1. The first-order valence-corrected chi connectivity index (χ1v) is 12.4. The number of fused-ring (bicyclic) bond motifs is 1. The van der Waals surface area contributed by atoms with Gasteiger partial charge in [-0.15, -0.1) is 0 Å². The Kier molecular flexibility index (Phi) is 6.95. The maximum atomic E-state index is 13.7. The predicted octanol–water partition coefficient (Wildman–Crippen LogP) is 4.57. The van der Waals surface area contributed by atoms with Crippen LogP contribution in [-0.4, -0.2) is 62.3 Å². The number of carbonyl (C=O) groups excluding carboxylic acids is 1. The summed E-state index contributed by atoms with van der Waals surface area (Å²) in [4.78, 5) is 22.7. The molecule has 1 atom stereocenters. The van der Waals surface area contributed by atoms with Crippen molar-refractivity contribution in [3.63, 3.8) is 0 Å². The third kappa shape index (κ3) is 4.87. The Hall–Kier alpha value is -3.12. The van der Waals surface area contributed by atoms with E-state index < -0.39 is 0 Å². The van der Waals surface area contributed by atoms with E-state index in [4.69, 9.17) is 9.47 Å². The smallest absolute Gasteiger partial charge is 0.257 e. The molecule has 3 aromatic rings. The lowest BCUT2D eigenvalue weighted by Gasteiger charge is -2.30. The molecule has 1 unspecified atom stereocenters. The van der Waals surface area contributed by atoms with Crippen molar-refractivity contribution in [1.29, 1.82) is 0 Å². The molecule has 2 fully saturated rings. The number of amides is 1. The maximum absolute atomic E-state index is 13.7. The van der Waals surface area contributed by atoms with Gasteiger partial charge in [-0.2, -0.15) is 0 Å². The lowest BCUT2D eigenvalue weighted by atomic mass is 9.97. The number of hydrogen-bond donors (Lipinski definition) is 0. The SMILES string of the molecule is COc1ccc(N2CCCCC2)cc1C(=O)N1CCOCC(Cc2cccc3cccnc23)C1. The van der Waals surface area contributed by atoms with E-state index in [0.717, 1.165) is 36.1 Å². The van der Waals surface area contributed by atoms with Crippen molar-refractivity contribution in [1.82, 2.24) is 9.88 Å². The van der Waals surface area contributed by atoms with Crippen molar-refractivity contribution in [3.8, 4) is 5.75 Å². The van der Waals surface area contributed by atoms with Gasteiger partial charge in [-0.3, -0.25) is 9.78 Å². The topological polar surface area (TPSA) is 54.9 Å². The van der Waals surface area contributed by atoms with Crippen molar-refractivity contribution in [2.24, 2.45) is 5.92 Å². The van der Waals surface area contributed by atoms with Crippen LogP contribution >= 0.6 is 0 Å². The fourth-order valence-electron chi connectivity index (χ4n) is 5.21. The number of hydrogen-bond acceptors (Lipinski definition) is 5. The minimum atomic E-state index is 0.0160. The average Bonchev–Trinajstić information content (AvgIpc) is 3.14. The molecule has 1 aromatic heterocycles. The zero-order chi connectivity index (χ0) is 23.3. The van der Waals surface area contributed by atoms with E-state index in [2.05, 4.69) is 40.2 Å². The van der Waals surface area contributed by atoms with E-state index >= 15 is 0 Å². The normalized spacial score (nSPS) is 19.1. The summed E-state index contributed by atoms with van der Waals surface area (Å²) in [6.07, 6.45) is 6.34. The number of pyridine rings is 1. The third-order valence-electron chi connectivity index (χ3n) is 6.98. The molecule has 0 spiro atoms. The zero-order valence-electron chi connectivity index (χ0n) is 19.9. The first-order chi connectivity index (χ1) is 16.7. The number of ether oxygens (including phenoxy) is 2. The van der Waals surface area contributed by atoms with Crippen molar-refractivity contribution in [3.05, 3.63) is 65.9 Å². The number of methoxy groups -OCH3 is 1. The first kappa shape index (κ1) is 22.7. The lowest BCUT2D eigenvalue weighted by molar-refractivity contribution is 0.0734. The predicted molar refractivity (Wildman–Crippen MR) is 135 cm³/mol. The van der Waals surface area contributed by atoms with Gasteiger partial charge in [0.2, 0.25) is 0 Å². The quantitative estimate of drug-likeness (QED) is 0.560. The zero-order valence-corrected chi connectivity index (χ0v) is 19.9. The van der Waals surface area contributed by atoms with E-state index in [-0.39, 0.29) is 11.8 Å². The highest BCUT2D eigenvalue weighted by Gasteiger charge is 2.27. The standard InChI is InChI=1S/C28H33N3O3/c1-33-26-11-10-24(30-13-3-2-4-14-30)18-25(26)28(32)31-15-16-34-20-21(19-31)17-23-8-5-7-22-9-6-12-29-27(22)23/h5-12,18,21H,2-4,13-17,19-20H2,1H3. The van der Waals surface area contributed by atoms with Crippen LogP contribution in [-0.2, 0) is 11.2 Å². The van der Waals surface area contributed by atoms with Crippen LogP contribution in [0.5, 0.6) is 5.75 Å². The molecule has 2 aliphatic heterocycles. The van der Waals surface area contributed by atoms with Gasteiger partial charge in [0.1, 0.15) is 5.75 Å². The summed E-state index contributed by atoms with van der Waals surface area (Å²) in [6, 6.07) is 16.4. The van der Waals surface area contributed by atoms with Crippen LogP contribution in [0.2, 0.25) is 0 Å². The van der Waals surface area contributed by atoms with Crippen LogP contribution in [0.1, 0.15) is 35.2 Å². The van der Waals surface area contributed by atoms with E-state index in [0.29, 0.717) is 37.6 Å². The number of benzene rings is 2. The first-order valence-electron chi connectivity index (χ1n) is 12.4. The minimum Gasteiger partial charge on any atom is -0.496 e. The van der Waals surface area contributed by atoms with E-state index in [1.165, 1.54) is 24.8 Å². The van der Waals surface area contributed by atoms with Gasteiger partial charge in [-0.05, 0) is 55.5 Å². The van der Waals surface area contributed by atoms with E-state index in [1.807, 2.05) is 29.3 Å². The second kappa shape index (κ2) is 10.4. The maximum Gasteiger partial charge on any atom is 0.257 e. The highest BCUT2D eigenvalue weighted by atomic mass is 16.5. The van der Waals surface area contributed by atoms with Gasteiger partial charge < -0.3 is 19.3 Å². The molecule has 5 rings (SSSR count).